The molecule has 132 valence electrons. The van der Waals surface area contributed by atoms with Crippen molar-refractivity contribution in [2.45, 2.75) is 96.8 Å². The van der Waals surface area contributed by atoms with E-state index in [1.807, 2.05) is 0 Å². The highest BCUT2D eigenvalue weighted by atomic mass is 16.6. The molecule has 1 rings (SSSR count). The summed E-state index contributed by atoms with van der Waals surface area (Å²) < 4.78 is 9.12. The van der Waals surface area contributed by atoms with E-state index in [0.717, 1.165) is 12.8 Å². The molecule has 0 aliphatic carbocycles. The molecule has 0 aliphatic heterocycles. The molecule has 0 spiro atoms. The maximum atomic E-state index is 10.6. The second kappa shape index (κ2) is 14.3. The standard InChI is InChI=1S/C19H33NO3/c1-2-3-4-5-6-7-8-9-10-11-12-13-14-15-16-17-18-20-23-19(21)22-18/h9-10H,2-8,11-17H2,1H3. The number of hydrogen-bond donors (Lipinski definition) is 0. The highest BCUT2D eigenvalue weighted by Crippen LogP contribution is 2.10. The van der Waals surface area contributed by atoms with E-state index in [4.69, 9.17) is 4.42 Å². The molecule has 0 amide bonds. The minimum atomic E-state index is -0.701. The van der Waals surface area contributed by atoms with Crippen LogP contribution >= 0.6 is 0 Å². The lowest BCUT2D eigenvalue weighted by Crippen LogP contribution is -1.88. The van der Waals surface area contributed by atoms with Gasteiger partial charge in [-0.15, -0.1) is 0 Å². The highest BCUT2D eigenvalue weighted by molar-refractivity contribution is 4.81. The molecular weight excluding hydrogens is 290 g/mol. The second-order valence-corrected chi connectivity index (χ2v) is 6.26. The Morgan fingerprint density at radius 2 is 1.39 bits per heavy atom. The molecule has 4 heteroatoms. The normalized spacial score (nSPS) is 11.5. The molecule has 0 bridgehead atoms. The van der Waals surface area contributed by atoms with E-state index in [0.29, 0.717) is 12.3 Å². The van der Waals surface area contributed by atoms with Gasteiger partial charge in [-0.2, -0.15) is 0 Å². The number of allylic oxidation sites excluding steroid dienone is 2. The lowest BCUT2D eigenvalue weighted by molar-refractivity contribution is 0.334. The third kappa shape index (κ3) is 11.8. The fourth-order valence-corrected chi connectivity index (χ4v) is 2.67. The highest BCUT2D eigenvalue weighted by Gasteiger charge is 2.02. The molecule has 0 atom stereocenters. The molecule has 1 aromatic rings. The van der Waals surface area contributed by atoms with Crippen molar-refractivity contribution < 1.29 is 8.94 Å². The zero-order valence-electron chi connectivity index (χ0n) is 14.7. The van der Waals surface area contributed by atoms with Crippen molar-refractivity contribution in [3.63, 3.8) is 0 Å². The Morgan fingerprint density at radius 3 is 1.96 bits per heavy atom. The van der Waals surface area contributed by atoms with Gasteiger partial charge in [0.15, 0.2) is 0 Å². The molecule has 0 fully saturated rings. The first-order valence-electron chi connectivity index (χ1n) is 9.43. The fourth-order valence-electron chi connectivity index (χ4n) is 2.67. The van der Waals surface area contributed by atoms with Crippen LogP contribution in [-0.4, -0.2) is 5.16 Å². The number of aromatic nitrogens is 1. The molecule has 1 aromatic heterocycles. The molecule has 0 aliphatic rings. The molecule has 0 unspecified atom stereocenters. The summed E-state index contributed by atoms with van der Waals surface area (Å²) in [6, 6.07) is 0. The number of hydrogen-bond acceptors (Lipinski definition) is 4. The molecule has 4 nitrogen and oxygen atoms in total. The van der Waals surface area contributed by atoms with Crippen LogP contribution in [0.2, 0.25) is 0 Å². The van der Waals surface area contributed by atoms with Crippen LogP contribution in [0.15, 0.2) is 25.9 Å². The number of nitrogens with zero attached hydrogens (tertiary/aromatic N) is 1. The van der Waals surface area contributed by atoms with E-state index in [1.165, 1.54) is 70.6 Å². The Bertz CT molecular complexity index is 447. The van der Waals surface area contributed by atoms with Crippen molar-refractivity contribution in [2.24, 2.45) is 0 Å². The van der Waals surface area contributed by atoms with Gasteiger partial charge in [0.25, 0.3) is 0 Å². The van der Waals surface area contributed by atoms with Crippen LogP contribution in [0.25, 0.3) is 0 Å². The van der Waals surface area contributed by atoms with E-state index in [1.54, 1.807) is 0 Å². The zero-order chi connectivity index (χ0) is 16.6. The van der Waals surface area contributed by atoms with Crippen molar-refractivity contribution in [3.8, 4) is 0 Å². The maximum Gasteiger partial charge on any atom is 0.542 e. The summed E-state index contributed by atoms with van der Waals surface area (Å²) in [5.74, 6) is -0.277. The second-order valence-electron chi connectivity index (χ2n) is 6.26. The van der Waals surface area contributed by atoms with Crippen LogP contribution in [0.4, 0.5) is 0 Å². The molecule has 0 N–H and O–H groups in total. The van der Waals surface area contributed by atoms with Crippen molar-refractivity contribution in [3.05, 3.63) is 28.7 Å². The third-order valence-electron chi connectivity index (χ3n) is 4.08. The van der Waals surface area contributed by atoms with E-state index >= 15 is 0 Å². The van der Waals surface area contributed by atoms with Gasteiger partial charge in [-0.25, -0.2) is 4.79 Å². The van der Waals surface area contributed by atoms with Gasteiger partial charge in [-0.1, -0.05) is 70.4 Å². The average Bonchev–Trinajstić information content (AvgIpc) is 2.96. The number of rotatable bonds is 15. The van der Waals surface area contributed by atoms with E-state index < -0.39 is 5.82 Å². The topological polar surface area (TPSA) is 56.2 Å². The van der Waals surface area contributed by atoms with Crippen LogP contribution < -0.4 is 5.82 Å². The molecule has 1 heterocycles. The smallest absolute Gasteiger partial charge is 0.375 e. The van der Waals surface area contributed by atoms with Crippen molar-refractivity contribution in [1.82, 2.24) is 5.16 Å². The summed E-state index contributed by atoms with van der Waals surface area (Å²) in [6.45, 7) is 2.26. The summed E-state index contributed by atoms with van der Waals surface area (Å²) in [5.41, 5.74) is 0. The van der Waals surface area contributed by atoms with Gasteiger partial charge in [0.05, 0.1) is 0 Å². The SMILES string of the molecule is CCCCCCCCC=CCCCCCCCc1noc(=O)o1. The van der Waals surface area contributed by atoms with Crippen molar-refractivity contribution in [1.29, 1.82) is 0 Å². The van der Waals surface area contributed by atoms with Gasteiger partial charge in [0.1, 0.15) is 0 Å². The van der Waals surface area contributed by atoms with Crippen LogP contribution in [0.1, 0.15) is 96.3 Å². The minimum absolute atomic E-state index is 0.424. The van der Waals surface area contributed by atoms with Gasteiger partial charge in [0.2, 0.25) is 5.89 Å². The molecule has 0 saturated heterocycles. The molecule has 0 saturated carbocycles. The fraction of sp³-hybridized carbons (Fsp3) is 0.789. The van der Waals surface area contributed by atoms with E-state index in [9.17, 15) is 4.79 Å². The Balaban J connectivity index is 1.78. The first-order valence-corrected chi connectivity index (χ1v) is 9.43. The van der Waals surface area contributed by atoms with Gasteiger partial charge in [-0.05, 0) is 37.3 Å². The zero-order valence-corrected chi connectivity index (χ0v) is 14.7. The molecule has 0 aromatic carbocycles. The van der Waals surface area contributed by atoms with Crippen LogP contribution in [-0.2, 0) is 6.42 Å². The average molecular weight is 323 g/mol. The molecule has 23 heavy (non-hydrogen) atoms. The molecule has 0 radical (unpaired) electrons. The number of aryl methyl sites for hydroxylation is 1. The monoisotopic (exact) mass is 323 g/mol. The summed E-state index contributed by atoms with van der Waals surface area (Å²) in [6.07, 6.45) is 22.0. The minimum Gasteiger partial charge on any atom is -0.375 e. The van der Waals surface area contributed by atoms with Crippen LogP contribution in [0.3, 0.4) is 0 Å². The Kier molecular flexibility index (Phi) is 12.3. The van der Waals surface area contributed by atoms with Crippen molar-refractivity contribution >= 4 is 0 Å². The van der Waals surface area contributed by atoms with Crippen LogP contribution in [0, 0.1) is 0 Å². The first kappa shape index (κ1) is 19.7. The summed E-state index contributed by atoms with van der Waals surface area (Å²) in [7, 11) is 0. The van der Waals surface area contributed by atoms with Gasteiger partial charge < -0.3 is 4.42 Å². The summed E-state index contributed by atoms with van der Waals surface area (Å²) >= 11 is 0. The summed E-state index contributed by atoms with van der Waals surface area (Å²) in [5, 5.41) is 3.56. The largest absolute Gasteiger partial charge is 0.542 e. The predicted molar refractivity (Wildman–Crippen MR) is 93.6 cm³/mol. The molecular formula is C19H33NO3. The van der Waals surface area contributed by atoms with Gasteiger partial charge >= 0.3 is 5.82 Å². The van der Waals surface area contributed by atoms with E-state index in [2.05, 4.69) is 28.8 Å². The lowest BCUT2D eigenvalue weighted by Gasteiger charge is -1.99. The first-order chi connectivity index (χ1) is 11.3. The maximum absolute atomic E-state index is 10.6. The number of unbranched alkanes of at least 4 members (excludes halogenated alkanes) is 11. The van der Waals surface area contributed by atoms with Crippen molar-refractivity contribution in [2.75, 3.05) is 0 Å². The lowest BCUT2D eigenvalue weighted by atomic mass is 10.1. The van der Waals surface area contributed by atoms with Gasteiger partial charge in [0, 0.05) is 6.42 Å². The summed E-state index contributed by atoms with van der Waals surface area (Å²) in [4.78, 5) is 10.6. The Hall–Kier alpha value is -1.32. The van der Waals surface area contributed by atoms with Crippen LogP contribution in [0.5, 0.6) is 0 Å². The predicted octanol–water partition coefficient (Wildman–Crippen LogP) is 5.82. The quantitative estimate of drug-likeness (QED) is 0.301. The Labute approximate surface area is 140 Å². The third-order valence-corrected chi connectivity index (χ3v) is 4.08. The van der Waals surface area contributed by atoms with Gasteiger partial charge in [-0.3, -0.25) is 4.52 Å². The van der Waals surface area contributed by atoms with E-state index in [-0.39, 0.29) is 0 Å². The Morgan fingerprint density at radius 1 is 0.826 bits per heavy atom.